The molecule has 0 aliphatic heterocycles. The van der Waals surface area contributed by atoms with Gasteiger partial charge >= 0.3 is 5.97 Å². The van der Waals surface area contributed by atoms with Gasteiger partial charge in [-0.15, -0.1) is 0 Å². The first-order valence-corrected chi connectivity index (χ1v) is 10.1. The first-order chi connectivity index (χ1) is 13.9. The van der Waals surface area contributed by atoms with Crippen molar-refractivity contribution >= 4 is 23.3 Å². The van der Waals surface area contributed by atoms with Crippen molar-refractivity contribution in [3.63, 3.8) is 0 Å². The SMILES string of the molecule is CCCc1cc(C(=O)OC)ccc1OCCCNc1cnn(C(C)C)c(=O)c1Cl. The van der Waals surface area contributed by atoms with E-state index in [1.54, 1.807) is 18.3 Å². The van der Waals surface area contributed by atoms with Crippen LogP contribution in [0.15, 0.2) is 29.2 Å². The fourth-order valence-electron chi connectivity index (χ4n) is 2.84. The van der Waals surface area contributed by atoms with Crippen molar-refractivity contribution in [1.82, 2.24) is 9.78 Å². The summed E-state index contributed by atoms with van der Waals surface area (Å²) in [5.74, 6) is 0.404. The molecule has 0 saturated carbocycles. The van der Waals surface area contributed by atoms with Crippen LogP contribution in [0.1, 0.15) is 55.6 Å². The van der Waals surface area contributed by atoms with E-state index in [9.17, 15) is 9.59 Å². The summed E-state index contributed by atoms with van der Waals surface area (Å²) in [6, 6.07) is 5.27. The minimum absolute atomic E-state index is 0.0506. The molecule has 8 heteroatoms. The van der Waals surface area contributed by atoms with E-state index in [1.165, 1.54) is 11.8 Å². The van der Waals surface area contributed by atoms with E-state index in [-0.39, 0.29) is 22.6 Å². The average molecular weight is 422 g/mol. The van der Waals surface area contributed by atoms with Crippen LogP contribution in [0.5, 0.6) is 5.75 Å². The number of nitrogens with zero attached hydrogens (tertiary/aromatic N) is 2. The van der Waals surface area contributed by atoms with Crippen LogP contribution >= 0.6 is 11.6 Å². The number of hydrogen-bond acceptors (Lipinski definition) is 6. The molecule has 1 heterocycles. The van der Waals surface area contributed by atoms with Crippen molar-refractivity contribution in [2.45, 2.75) is 46.1 Å². The Morgan fingerprint density at radius 1 is 1.34 bits per heavy atom. The van der Waals surface area contributed by atoms with Crippen LogP contribution in [0.25, 0.3) is 0 Å². The molecule has 158 valence electrons. The van der Waals surface area contributed by atoms with Crippen molar-refractivity contribution in [3.8, 4) is 5.75 Å². The third kappa shape index (κ3) is 5.97. The Kier molecular flexibility index (Phi) is 8.51. The summed E-state index contributed by atoms with van der Waals surface area (Å²) in [7, 11) is 1.37. The van der Waals surface area contributed by atoms with E-state index in [2.05, 4.69) is 17.3 Å². The van der Waals surface area contributed by atoms with Crippen LogP contribution in [-0.4, -0.2) is 36.0 Å². The lowest BCUT2D eigenvalue weighted by atomic mass is 10.1. The van der Waals surface area contributed by atoms with Gasteiger partial charge in [0.05, 0.1) is 37.2 Å². The van der Waals surface area contributed by atoms with Crippen LogP contribution < -0.4 is 15.6 Å². The van der Waals surface area contributed by atoms with Gasteiger partial charge in [-0.2, -0.15) is 5.10 Å². The molecule has 0 bridgehead atoms. The maximum absolute atomic E-state index is 12.2. The van der Waals surface area contributed by atoms with Gasteiger partial charge in [0.25, 0.3) is 5.56 Å². The Labute approximate surface area is 176 Å². The molecule has 0 amide bonds. The largest absolute Gasteiger partial charge is 0.493 e. The summed E-state index contributed by atoms with van der Waals surface area (Å²) in [5.41, 5.74) is 1.71. The van der Waals surface area contributed by atoms with Gasteiger partial charge in [0.15, 0.2) is 0 Å². The second kappa shape index (κ2) is 10.9. The first-order valence-electron chi connectivity index (χ1n) is 9.74. The molecule has 1 aromatic heterocycles. The van der Waals surface area contributed by atoms with Crippen molar-refractivity contribution < 1.29 is 14.3 Å². The molecule has 0 aliphatic carbocycles. The number of benzene rings is 1. The fourth-order valence-corrected chi connectivity index (χ4v) is 3.05. The minimum atomic E-state index is -0.358. The van der Waals surface area contributed by atoms with Crippen LogP contribution in [0.4, 0.5) is 5.69 Å². The third-order valence-electron chi connectivity index (χ3n) is 4.33. The quantitative estimate of drug-likeness (QED) is 0.459. The van der Waals surface area contributed by atoms with Gasteiger partial charge in [-0.05, 0) is 50.5 Å². The molecule has 1 aromatic carbocycles. The molecule has 7 nitrogen and oxygen atoms in total. The van der Waals surface area contributed by atoms with Gasteiger partial charge in [-0.3, -0.25) is 4.79 Å². The molecule has 0 fully saturated rings. The number of aryl methyl sites for hydroxylation is 1. The number of nitrogens with one attached hydrogen (secondary N) is 1. The lowest BCUT2D eigenvalue weighted by molar-refractivity contribution is 0.0600. The van der Waals surface area contributed by atoms with Gasteiger partial charge in [0.2, 0.25) is 0 Å². The van der Waals surface area contributed by atoms with E-state index in [4.69, 9.17) is 21.1 Å². The lowest BCUT2D eigenvalue weighted by Crippen LogP contribution is -2.26. The molecule has 2 aromatic rings. The number of halogens is 1. The number of carbonyl (C=O) groups excluding carboxylic acids is 1. The smallest absolute Gasteiger partial charge is 0.337 e. The molecular weight excluding hydrogens is 394 g/mol. The fraction of sp³-hybridized carbons (Fsp3) is 0.476. The number of methoxy groups -OCH3 is 1. The normalized spacial score (nSPS) is 10.8. The van der Waals surface area contributed by atoms with E-state index in [0.29, 0.717) is 30.8 Å². The zero-order valence-electron chi connectivity index (χ0n) is 17.3. The predicted octanol–water partition coefficient (Wildman–Crippen LogP) is 4.10. The predicted molar refractivity (Wildman–Crippen MR) is 114 cm³/mol. The van der Waals surface area contributed by atoms with Crippen molar-refractivity contribution in [1.29, 1.82) is 0 Å². The number of ether oxygens (including phenoxy) is 2. The van der Waals surface area contributed by atoms with Crippen molar-refractivity contribution in [2.75, 3.05) is 25.6 Å². The molecule has 0 radical (unpaired) electrons. The maximum atomic E-state index is 12.2. The second-order valence-electron chi connectivity index (χ2n) is 6.91. The van der Waals surface area contributed by atoms with Crippen LogP contribution in [0.2, 0.25) is 5.02 Å². The molecule has 0 atom stereocenters. The molecule has 29 heavy (non-hydrogen) atoms. The monoisotopic (exact) mass is 421 g/mol. The molecular formula is C21H28ClN3O4. The summed E-state index contributed by atoms with van der Waals surface area (Å²) in [6.45, 7) is 6.88. The standard InChI is InChI=1S/C21H28ClN3O4/c1-5-7-15-12-16(21(27)28-4)8-9-18(15)29-11-6-10-23-17-13-24-25(14(2)3)20(26)19(17)22/h8-9,12-14,23H,5-7,10-11H2,1-4H3. The van der Waals surface area contributed by atoms with Gasteiger partial charge in [0, 0.05) is 6.54 Å². The number of carbonyl (C=O) groups is 1. The Morgan fingerprint density at radius 2 is 2.10 bits per heavy atom. The van der Waals surface area contributed by atoms with Crippen molar-refractivity contribution in [2.24, 2.45) is 0 Å². The summed E-state index contributed by atoms with van der Waals surface area (Å²) >= 11 is 6.15. The Morgan fingerprint density at radius 3 is 2.76 bits per heavy atom. The molecule has 0 aliphatic rings. The molecule has 1 N–H and O–H groups in total. The minimum Gasteiger partial charge on any atom is -0.493 e. The summed E-state index contributed by atoms with van der Waals surface area (Å²) < 4.78 is 12.0. The van der Waals surface area contributed by atoms with Gasteiger partial charge < -0.3 is 14.8 Å². The van der Waals surface area contributed by atoms with E-state index in [0.717, 1.165) is 24.2 Å². The topological polar surface area (TPSA) is 82.4 Å². The second-order valence-corrected chi connectivity index (χ2v) is 7.29. The highest BCUT2D eigenvalue weighted by atomic mass is 35.5. The number of rotatable bonds is 10. The zero-order chi connectivity index (χ0) is 21.4. The maximum Gasteiger partial charge on any atom is 0.337 e. The zero-order valence-corrected chi connectivity index (χ0v) is 18.1. The van der Waals surface area contributed by atoms with E-state index in [1.807, 2.05) is 19.9 Å². The van der Waals surface area contributed by atoms with Crippen molar-refractivity contribution in [3.05, 3.63) is 50.9 Å². The summed E-state index contributed by atoms with van der Waals surface area (Å²) in [6.07, 6.45) is 4.02. The first kappa shape index (κ1) is 22.7. The highest BCUT2D eigenvalue weighted by Crippen LogP contribution is 2.23. The summed E-state index contributed by atoms with van der Waals surface area (Å²) in [5, 5.41) is 7.40. The molecule has 2 rings (SSSR count). The van der Waals surface area contributed by atoms with Gasteiger partial charge in [-0.1, -0.05) is 24.9 Å². The molecule has 0 unspecified atom stereocenters. The molecule has 0 spiro atoms. The molecule has 0 saturated heterocycles. The highest BCUT2D eigenvalue weighted by molar-refractivity contribution is 6.32. The number of anilines is 1. The highest BCUT2D eigenvalue weighted by Gasteiger charge is 2.12. The number of hydrogen-bond donors (Lipinski definition) is 1. The Hall–Kier alpha value is -2.54. The van der Waals surface area contributed by atoms with Crippen LogP contribution in [-0.2, 0) is 11.2 Å². The summed E-state index contributed by atoms with van der Waals surface area (Å²) in [4.78, 5) is 23.9. The average Bonchev–Trinajstić information content (AvgIpc) is 2.71. The number of aromatic nitrogens is 2. The van der Waals surface area contributed by atoms with Crippen LogP contribution in [0.3, 0.4) is 0 Å². The Bertz CT molecular complexity index is 896. The third-order valence-corrected chi connectivity index (χ3v) is 4.69. The van der Waals surface area contributed by atoms with E-state index >= 15 is 0 Å². The van der Waals surface area contributed by atoms with Gasteiger partial charge in [0.1, 0.15) is 10.8 Å². The van der Waals surface area contributed by atoms with Crippen LogP contribution in [0, 0.1) is 0 Å². The number of esters is 1. The van der Waals surface area contributed by atoms with E-state index < -0.39 is 0 Å². The van der Waals surface area contributed by atoms with Gasteiger partial charge in [-0.25, -0.2) is 9.48 Å². The lowest BCUT2D eigenvalue weighted by Gasteiger charge is -2.14. The Balaban J connectivity index is 1.92.